The van der Waals surface area contributed by atoms with E-state index >= 15 is 0 Å². The summed E-state index contributed by atoms with van der Waals surface area (Å²) < 4.78 is 24.6. The molecule has 1 amide bonds. The van der Waals surface area contributed by atoms with Crippen molar-refractivity contribution >= 4 is 15.7 Å². The molecule has 0 aromatic heterocycles. The lowest BCUT2D eigenvalue weighted by atomic mass is 10.0. The van der Waals surface area contributed by atoms with Crippen LogP contribution in [0.3, 0.4) is 0 Å². The monoisotopic (exact) mass is 324 g/mol. The smallest absolute Gasteiger partial charge is 0.252 e. The second-order valence-electron chi connectivity index (χ2n) is 5.86. The zero-order valence-corrected chi connectivity index (χ0v) is 13.9. The van der Waals surface area contributed by atoms with Crippen LogP contribution < -0.4 is 10.6 Å². The molecule has 6 heteroatoms. The zero-order chi connectivity index (χ0) is 16.2. The fourth-order valence-electron chi connectivity index (χ4n) is 2.83. The number of carbonyl (C=O) groups is 1. The molecule has 1 fully saturated rings. The molecule has 2 unspecified atom stereocenters. The van der Waals surface area contributed by atoms with Crippen LogP contribution in [0.5, 0.6) is 0 Å². The van der Waals surface area contributed by atoms with E-state index in [1.165, 1.54) is 6.07 Å². The number of rotatable bonds is 5. The van der Waals surface area contributed by atoms with E-state index in [1.54, 1.807) is 18.2 Å². The Labute approximate surface area is 132 Å². The van der Waals surface area contributed by atoms with Gasteiger partial charge >= 0.3 is 0 Å². The highest BCUT2D eigenvalue weighted by molar-refractivity contribution is 7.91. The summed E-state index contributed by atoms with van der Waals surface area (Å²) >= 11 is 0. The standard InChI is InChI=1S/C16H24N2O3S/c1-3-10-22(20,21)15-7-5-4-6-14(15)16(19)18-13-8-9-17-12(2)11-13/h4-7,12-13,17H,3,8-11H2,1-2H3,(H,18,19). The van der Waals surface area contributed by atoms with Crippen LogP contribution in [0.15, 0.2) is 29.2 Å². The van der Waals surface area contributed by atoms with Crippen molar-refractivity contribution < 1.29 is 13.2 Å². The van der Waals surface area contributed by atoms with E-state index in [2.05, 4.69) is 17.6 Å². The first-order valence-electron chi connectivity index (χ1n) is 7.80. The van der Waals surface area contributed by atoms with Gasteiger partial charge in [-0.25, -0.2) is 8.42 Å². The summed E-state index contributed by atoms with van der Waals surface area (Å²) in [5.41, 5.74) is 0.252. The van der Waals surface area contributed by atoms with E-state index in [-0.39, 0.29) is 28.2 Å². The molecule has 0 aliphatic carbocycles. The second kappa shape index (κ2) is 7.24. The molecule has 2 N–H and O–H groups in total. The first-order valence-corrected chi connectivity index (χ1v) is 9.45. The number of carbonyl (C=O) groups excluding carboxylic acids is 1. The van der Waals surface area contributed by atoms with Crippen LogP contribution in [0.2, 0.25) is 0 Å². The number of piperidine rings is 1. The molecule has 1 aliphatic heterocycles. The number of benzene rings is 1. The summed E-state index contributed by atoms with van der Waals surface area (Å²) in [6.07, 6.45) is 2.25. The van der Waals surface area contributed by atoms with Gasteiger partial charge < -0.3 is 10.6 Å². The average Bonchev–Trinajstić information content (AvgIpc) is 2.47. The summed E-state index contributed by atoms with van der Waals surface area (Å²) in [6, 6.07) is 6.91. The fourth-order valence-corrected chi connectivity index (χ4v) is 4.37. The van der Waals surface area contributed by atoms with Gasteiger partial charge in [0, 0.05) is 12.1 Å². The third-order valence-electron chi connectivity index (χ3n) is 3.90. The van der Waals surface area contributed by atoms with Crippen molar-refractivity contribution in [1.29, 1.82) is 0 Å². The van der Waals surface area contributed by atoms with Gasteiger partial charge in [0.25, 0.3) is 5.91 Å². The maximum Gasteiger partial charge on any atom is 0.252 e. The maximum atomic E-state index is 12.5. The molecule has 1 aromatic carbocycles. The predicted molar refractivity (Wildman–Crippen MR) is 86.7 cm³/mol. The Morgan fingerprint density at radius 3 is 2.77 bits per heavy atom. The van der Waals surface area contributed by atoms with Crippen LogP contribution in [0.1, 0.15) is 43.5 Å². The van der Waals surface area contributed by atoms with E-state index in [0.717, 1.165) is 19.4 Å². The molecule has 0 radical (unpaired) electrons. The Balaban J connectivity index is 2.20. The Morgan fingerprint density at radius 1 is 1.36 bits per heavy atom. The topological polar surface area (TPSA) is 75.3 Å². The molecule has 0 saturated carbocycles. The van der Waals surface area contributed by atoms with E-state index < -0.39 is 9.84 Å². The van der Waals surface area contributed by atoms with Crippen LogP contribution in [0.4, 0.5) is 0 Å². The number of nitrogens with one attached hydrogen (secondary N) is 2. The quantitative estimate of drug-likeness (QED) is 0.865. The second-order valence-corrected chi connectivity index (χ2v) is 7.94. The molecular formula is C16H24N2O3S. The molecule has 122 valence electrons. The van der Waals surface area contributed by atoms with Crippen LogP contribution >= 0.6 is 0 Å². The van der Waals surface area contributed by atoms with E-state index in [9.17, 15) is 13.2 Å². The molecule has 2 rings (SSSR count). The fraction of sp³-hybridized carbons (Fsp3) is 0.562. The number of hydrogen-bond acceptors (Lipinski definition) is 4. The van der Waals surface area contributed by atoms with Gasteiger partial charge in [0.1, 0.15) is 0 Å². The van der Waals surface area contributed by atoms with Crippen molar-refractivity contribution in [3.8, 4) is 0 Å². The number of amides is 1. The minimum atomic E-state index is -3.41. The van der Waals surface area contributed by atoms with Crippen molar-refractivity contribution in [2.45, 2.75) is 50.1 Å². The molecule has 1 heterocycles. The SMILES string of the molecule is CCCS(=O)(=O)c1ccccc1C(=O)NC1CCNC(C)C1. The van der Waals surface area contributed by atoms with Crippen molar-refractivity contribution in [1.82, 2.24) is 10.6 Å². The van der Waals surface area contributed by atoms with Crippen molar-refractivity contribution in [2.24, 2.45) is 0 Å². The highest BCUT2D eigenvalue weighted by Crippen LogP contribution is 2.19. The van der Waals surface area contributed by atoms with Gasteiger partial charge in [0.15, 0.2) is 9.84 Å². The van der Waals surface area contributed by atoms with E-state index in [0.29, 0.717) is 12.5 Å². The highest BCUT2D eigenvalue weighted by atomic mass is 32.2. The van der Waals surface area contributed by atoms with Gasteiger partial charge in [0.2, 0.25) is 0 Å². The average molecular weight is 324 g/mol. The summed E-state index contributed by atoms with van der Waals surface area (Å²) in [7, 11) is -3.41. The van der Waals surface area contributed by atoms with Gasteiger partial charge in [-0.1, -0.05) is 19.1 Å². The Hall–Kier alpha value is -1.40. The lowest BCUT2D eigenvalue weighted by Crippen LogP contribution is -2.46. The molecule has 5 nitrogen and oxygen atoms in total. The Kier molecular flexibility index (Phi) is 5.58. The third-order valence-corrected chi connectivity index (χ3v) is 5.87. The van der Waals surface area contributed by atoms with Gasteiger partial charge in [-0.2, -0.15) is 0 Å². The predicted octanol–water partition coefficient (Wildman–Crippen LogP) is 1.74. The summed E-state index contributed by atoms with van der Waals surface area (Å²) in [5.74, 6) is -0.240. The van der Waals surface area contributed by atoms with Crippen LogP contribution in [-0.4, -0.2) is 38.7 Å². The minimum Gasteiger partial charge on any atom is -0.349 e. The molecule has 1 aliphatic rings. The third kappa shape index (κ3) is 4.08. The Morgan fingerprint density at radius 2 is 2.09 bits per heavy atom. The molecule has 1 saturated heterocycles. The van der Waals surface area contributed by atoms with Gasteiger partial charge in [-0.15, -0.1) is 0 Å². The molecule has 1 aromatic rings. The lowest BCUT2D eigenvalue weighted by molar-refractivity contribution is 0.0922. The van der Waals surface area contributed by atoms with Crippen molar-refractivity contribution in [3.63, 3.8) is 0 Å². The number of sulfone groups is 1. The van der Waals surface area contributed by atoms with Crippen molar-refractivity contribution in [2.75, 3.05) is 12.3 Å². The minimum absolute atomic E-state index is 0.0572. The number of hydrogen-bond donors (Lipinski definition) is 2. The van der Waals surface area contributed by atoms with Gasteiger partial charge in [-0.3, -0.25) is 4.79 Å². The van der Waals surface area contributed by atoms with E-state index in [4.69, 9.17) is 0 Å². The Bertz CT molecular complexity index is 628. The lowest BCUT2D eigenvalue weighted by Gasteiger charge is -2.28. The molecule has 2 atom stereocenters. The normalized spacial score (nSPS) is 22.3. The summed E-state index contributed by atoms with van der Waals surface area (Å²) in [4.78, 5) is 12.6. The van der Waals surface area contributed by atoms with Crippen molar-refractivity contribution in [3.05, 3.63) is 29.8 Å². The first-order chi connectivity index (χ1) is 10.4. The van der Waals surface area contributed by atoms with Crippen LogP contribution in [-0.2, 0) is 9.84 Å². The largest absolute Gasteiger partial charge is 0.349 e. The molecule has 0 bridgehead atoms. The molecule has 22 heavy (non-hydrogen) atoms. The highest BCUT2D eigenvalue weighted by Gasteiger charge is 2.24. The maximum absolute atomic E-state index is 12.5. The molecule has 0 spiro atoms. The molecular weight excluding hydrogens is 300 g/mol. The zero-order valence-electron chi connectivity index (χ0n) is 13.1. The summed E-state index contributed by atoms with van der Waals surface area (Å²) in [5, 5.41) is 6.31. The van der Waals surface area contributed by atoms with Gasteiger partial charge in [0.05, 0.1) is 16.2 Å². The summed E-state index contributed by atoms with van der Waals surface area (Å²) in [6.45, 7) is 4.76. The first kappa shape index (κ1) is 17.0. The van der Waals surface area contributed by atoms with E-state index in [1.807, 2.05) is 6.92 Å². The van der Waals surface area contributed by atoms with Crippen LogP contribution in [0, 0.1) is 0 Å². The van der Waals surface area contributed by atoms with Gasteiger partial charge in [-0.05, 0) is 44.9 Å². The van der Waals surface area contributed by atoms with Crippen LogP contribution in [0.25, 0.3) is 0 Å².